The molecule has 0 saturated heterocycles. The third-order valence-corrected chi connectivity index (χ3v) is 4.62. The van der Waals surface area contributed by atoms with E-state index in [9.17, 15) is 4.79 Å². The van der Waals surface area contributed by atoms with Gasteiger partial charge in [-0.25, -0.2) is 4.68 Å². The van der Waals surface area contributed by atoms with E-state index in [4.69, 9.17) is 5.84 Å². The molecule has 0 atom stereocenters. The van der Waals surface area contributed by atoms with Gasteiger partial charge in [-0.1, -0.05) is 49.6 Å². The van der Waals surface area contributed by atoms with Gasteiger partial charge in [0.25, 0.3) is 5.56 Å². The summed E-state index contributed by atoms with van der Waals surface area (Å²) in [5.74, 6) is 6.48. The molecule has 3 nitrogen and oxygen atoms in total. The minimum absolute atomic E-state index is 0.0723. The van der Waals surface area contributed by atoms with Crippen LogP contribution in [-0.4, -0.2) is 4.68 Å². The van der Waals surface area contributed by atoms with Gasteiger partial charge in [0, 0.05) is 17.2 Å². The Hall–Kier alpha value is -2.03. The van der Waals surface area contributed by atoms with Crippen molar-refractivity contribution in [2.45, 2.75) is 44.9 Å². The van der Waals surface area contributed by atoms with Gasteiger partial charge in [-0.3, -0.25) is 4.79 Å². The summed E-state index contributed by atoms with van der Waals surface area (Å²) < 4.78 is 1.37. The minimum atomic E-state index is -0.0723. The van der Waals surface area contributed by atoms with Crippen molar-refractivity contribution >= 4 is 0 Å². The van der Waals surface area contributed by atoms with Gasteiger partial charge < -0.3 is 5.84 Å². The smallest absolute Gasteiger partial charge is 0.272 e. The lowest BCUT2D eigenvalue weighted by molar-refractivity contribution is 0.428. The molecule has 3 rings (SSSR count). The van der Waals surface area contributed by atoms with Crippen molar-refractivity contribution in [3.05, 3.63) is 58.0 Å². The van der Waals surface area contributed by atoms with Gasteiger partial charge in [-0.15, -0.1) is 0 Å². The predicted octanol–water partition coefficient (Wildman–Crippen LogP) is 3.59. The van der Waals surface area contributed by atoms with E-state index < -0.39 is 0 Å². The van der Waals surface area contributed by atoms with Crippen molar-refractivity contribution in [3.63, 3.8) is 0 Å². The number of aromatic nitrogens is 1. The summed E-state index contributed by atoms with van der Waals surface area (Å²) in [4.78, 5) is 12.5. The zero-order valence-corrected chi connectivity index (χ0v) is 12.5. The molecule has 1 aliphatic carbocycles. The Kier molecular flexibility index (Phi) is 3.82. The highest BCUT2D eigenvalue weighted by Crippen LogP contribution is 2.33. The topological polar surface area (TPSA) is 48.0 Å². The molecule has 0 radical (unpaired) electrons. The van der Waals surface area contributed by atoms with E-state index in [-0.39, 0.29) is 5.56 Å². The Morgan fingerprint density at radius 3 is 2.43 bits per heavy atom. The highest BCUT2D eigenvalue weighted by atomic mass is 16.1. The standard InChI is InChI=1S/C18H22N2O/c1-13-16(14-8-4-2-5-9-14)12-17(20(19)18(13)21)15-10-6-3-7-11-15/h2,4-5,8-9,12,15H,3,6-7,10-11,19H2,1H3. The number of pyridine rings is 1. The van der Waals surface area contributed by atoms with Crippen LogP contribution < -0.4 is 11.4 Å². The molecule has 1 aromatic carbocycles. The van der Waals surface area contributed by atoms with Gasteiger partial charge in [-0.05, 0) is 37.0 Å². The van der Waals surface area contributed by atoms with E-state index in [1.54, 1.807) is 0 Å². The predicted molar refractivity (Wildman–Crippen MR) is 86.9 cm³/mol. The van der Waals surface area contributed by atoms with Crippen LogP contribution in [0.4, 0.5) is 0 Å². The van der Waals surface area contributed by atoms with Gasteiger partial charge in [0.1, 0.15) is 0 Å². The second-order valence-corrected chi connectivity index (χ2v) is 5.98. The summed E-state index contributed by atoms with van der Waals surface area (Å²) in [6.07, 6.45) is 6.02. The van der Waals surface area contributed by atoms with E-state index in [2.05, 4.69) is 6.07 Å². The van der Waals surface area contributed by atoms with Crippen LogP contribution in [0.1, 0.15) is 49.3 Å². The van der Waals surface area contributed by atoms with Crippen LogP contribution in [0.3, 0.4) is 0 Å². The number of rotatable bonds is 2. The number of nitrogen functional groups attached to an aromatic ring is 1. The first-order valence-electron chi connectivity index (χ1n) is 7.75. The summed E-state index contributed by atoms with van der Waals surface area (Å²) in [5.41, 5.74) is 3.75. The zero-order valence-electron chi connectivity index (χ0n) is 12.5. The lowest BCUT2D eigenvalue weighted by Gasteiger charge is -2.24. The van der Waals surface area contributed by atoms with E-state index in [0.717, 1.165) is 35.2 Å². The quantitative estimate of drug-likeness (QED) is 0.856. The monoisotopic (exact) mass is 282 g/mol. The molecule has 0 unspecified atom stereocenters. The van der Waals surface area contributed by atoms with Crippen LogP contribution in [-0.2, 0) is 0 Å². The van der Waals surface area contributed by atoms with Crippen molar-refractivity contribution in [2.24, 2.45) is 0 Å². The number of hydrogen-bond acceptors (Lipinski definition) is 2. The average molecular weight is 282 g/mol. The van der Waals surface area contributed by atoms with E-state index >= 15 is 0 Å². The van der Waals surface area contributed by atoms with E-state index in [0.29, 0.717) is 5.92 Å². The molecule has 1 aromatic heterocycles. The number of hydrogen-bond donors (Lipinski definition) is 1. The molecule has 110 valence electrons. The van der Waals surface area contributed by atoms with Crippen molar-refractivity contribution < 1.29 is 0 Å². The summed E-state index contributed by atoms with van der Waals surface area (Å²) >= 11 is 0. The molecule has 3 heteroatoms. The SMILES string of the molecule is Cc1c(-c2ccccc2)cc(C2CCCCC2)n(N)c1=O. The lowest BCUT2D eigenvalue weighted by atomic mass is 9.85. The molecule has 0 bridgehead atoms. The molecule has 0 amide bonds. The second kappa shape index (κ2) is 5.76. The summed E-state index contributed by atoms with van der Waals surface area (Å²) in [5, 5.41) is 0. The maximum atomic E-state index is 12.5. The second-order valence-electron chi connectivity index (χ2n) is 5.98. The Labute approximate surface area is 125 Å². The van der Waals surface area contributed by atoms with E-state index in [1.165, 1.54) is 23.9 Å². The van der Waals surface area contributed by atoms with Gasteiger partial charge in [-0.2, -0.15) is 0 Å². The highest BCUT2D eigenvalue weighted by molar-refractivity contribution is 5.67. The zero-order chi connectivity index (χ0) is 14.8. The van der Waals surface area contributed by atoms with Gasteiger partial charge >= 0.3 is 0 Å². The normalized spacial score (nSPS) is 16.0. The van der Waals surface area contributed by atoms with Crippen LogP contribution >= 0.6 is 0 Å². The molecule has 21 heavy (non-hydrogen) atoms. The number of nitrogens with zero attached hydrogens (tertiary/aromatic N) is 1. The van der Waals surface area contributed by atoms with Gasteiger partial charge in [0.05, 0.1) is 0 Å². The molecule has 1 fully saturated rings. The number of benzene rings is 1. The molecular weight excluding hydrogens is 260 g/mol. The summed E-state index contributed by atoms with van der Waals surface area (Å²) in [7, 11) is 0. The first-order chi connectivity index (χ1) is 10.2. The summed E-state index contributed by atoms with van der Waals surface area (Å²) in [6, 6.07) is 12.2. The van der Waals surface area contributed by atoms with Crippen LogP contribution in [0.15, 0.2) is 41.2 Å². The van der Waals surface area contributed by atoms with Crippen LogP contribution in [0.25, 0.3) is 11.1 Å². The maximum absolute atomic E-state index is 12.5. The van der Waals surface area contributed by atoms with Crippen molar-refractivity contribution in [1.82, 2.24) is 4.68 Å². The lowest BCUT2D eigenvalue weighted by Crippen LogP contribution is -2.33. The fraction of sp³-hybridized carbons (Fsp3) is 0.389. The van der Waals surface area contributed by atoms with Gasteiger partial charge in [0.2, 0.25) is 0 Å². The van der Waals surface area contributed by atoms with Gasteiger partial charge in [0.15, 0.2) is 0 Å². The van der Waals surface area contributed by atoms with Crippen LogP contribution in [0.5, 0.6) is 0 Å². The molecule has 0 spiro atoms. The van der Waals surface area contributed by atoms with E-state index in [1.807, 2.05) is 37.3 Å². The molecule has 2 N–H and O–H groups in total. The molecule has 1 aliphatic rings. The molecular formula is C18H22N2O. The largest absolute Gasteiger partial charge is 0.336 e. The highest BCUT2D eigenvalue weighted by Gasteiger charge is 2.21. The molecule has 1 heterocycles. The Bertz CT molecular complexity index is 682. The van der Waals surface area contributed by atoms with Crippen molar-refractivity contribution in [1.29, 1.82) is 0 Å². The third kappa shape index (κ3) is 2.60. The Balaban J connectivity index is 2.13. The maximum Gasteiger partial charge on any atom is 0.272 e. The fourth-order valence-corrected chi connectivity index (χ4v) is 3.37. The minimum Gasteiger partial charge on any atom is -0.336 e. The first kappa shape index (κ1) is 13.9. The average Bonchev–Trinajstić information content (AvgIpc) is 2.55. The first-order valence-corrected chi connectivity index (χ1v) is 7.75. The van der Waals surface area contributed by atoms with Crippen molar-refractivity contribution in [2.75, 3.05) is 5.84 Å². The molecule has 1 saturated carbocycles. The van der Waals surface area contributed by atoms with Crippen LogP contribution in [0.2, 0.25) is 0 Å². The molecule has 2 aromatic rings. The van der Waals surface area contributed by atoms with Crippen LogP contribution in [0, 0.1) is 6.92 Å². The molecule has 0 aliphatic heterocycles. The summed E-state index contributed by atoms with van der Waals surface area (Å²) in [6.45, 7) is 1.86. The third-order valence-electron chi connectivity index (χ3n) is 4.62. The Morgan fingerprint density at radius 2 is 1.76 bits per heavy atom. The fourth-order valence-electron chi connectivity index (χ4n) is 3.37. The Morgan fingerprint density at radius 1 is 1.10 bits per heavy atom. The number of nitrogens with two attached hydrogens (primary N) is 1. The van der Waals surface area contributed by atoms with Crippen molar-refractivity contribution in [3.8, 4) is 11.1 Å².